The third-order valence-electron chi connectivity index (χ3n) is 4.89. The number of carbonyl (C=O) groups excluding carboxylic acids is 1. The fourth-order valence-electron chi connectivity index (χ4n) is 3.56. The van der Waals surface area contributed by atoms with Gasteiger partial charge in [-0.25, -0.2) is 19.2 Å². The van der Waals surface area contributed by atoms with Crippen LogP contribution in [0.1, 0.15) is 52.1 Å². The molecule has 1 aromatic heterocycles. The zero-order valence-corrected chi connectivity index (χ0v) is 18.1. The molecule has 0 unspecified atom stereocenters. The number of halogens is 1. The first-order valence-electron chi connectivity index (χ1n) is 9.93. The molecule has 0 aliphatic carbocycles. The normalized spacial score (nSPS) is 21.0. The minimum absolute atomic E-state index is 0.285. The third-order valence-corrected chi connectivity index (χ3v) is 4.89. The van der Waals surface area contributed by atoms with Crippen LogP contribution in [-0.4, -0.2) is 45.0 Å². The van der Waals surface area contributed by atoms with Crippen molar-refractivity contribution in [2.45, 2.75) is 64.6 Å². The minimum atomic E-state index is -1.01. The predicted octanol–water partition coefficient (Wildman–Crippen LogP) is 3.98. The minimum Gasteiger partial charge on any atom is -0.444 e. The molecule has 0 saturated carbocycles. The van der Waals surface area contributed by atoms with Crippen LogP contribution in [-0.2, 0) is 16.0 Å². The number of carbonyl (C=O) groups is 1. The second-order valence-electron chi connectivity index (χ2n) is 8.77. The summed E-state index contributed by atoms with van der Waals surface area (Å²) in [4.78, 5) is 22.5. The lowest BCUT2D eigenvalue weighted by molar-refractivity contribution is -0.0797. The van der Waals surface area contributed by atoms with E-state index in [2.05, 4.69) is 9.97 Å². The Morgan fingerprint density at radius 2 is 1.80 bits per heavy atom. The van der Waals surface area contributed by atoms with Crippen LogP contribution < -0.4 is 5.73 Å². The van der Waals surface area contributed by atoms with Gasteiger partial charge in [-0.05, 0) is 45.7 Å². The van der Waals surface area contributed by atoms with Crippen LogP contribution in [0.3, 0.4) is 0 Å². The van der Waals surface area contributed by atoms with Gasteiger partial charge in [0, 0.05) is 18.0 Å². The number of rotatable bonds is 4. The lowest BCUT2D eigenvalue weighted by Gasteiger charge is -2.34. The van der Waals surface area contributed by atoms with Crippen molar-refractivity contribution in [2.75, 3.05) is 6.67 Å². The third kappa shape index (κ3) is 4.60. The van der Waals surface area contributed by atoms with Gasteiger partial charge < -0.3 is 15.2 Å². The van der Waals surface area contributed by atoms with Crippen LogP contribution >= 0.6 is 0 Å². The van der Waals surface area contributed by atoms with E-state index >= 15 is 0 Å². The summed E-state index contributed by atoms with van der Waals surface area (Å²) >= 11 is 0. The molecule has 1 aliphatic rings. The average molecular weight is 416 g/mol. The van der Waals surface area contributed by atoms with Gasteiger partial charge in [-0.1, -0.05) is 24.3 Å². The van der Waals surface area contributed by atoms with Gasteiger partial charge in [0.1, 0.15) is 29.9 Å². The fourth-order valence-corrected chi connectivity index (χ4v) is 3.56. The first-order chi connectivity index (χ1) is 14.1. The molecule has 162 valence electrons. The molecule has 1 amide bonds. The van der Waals surface area contributed by atoms with Crippen LogP contribution in [0.4, 0.5) is 9.18 Å². The summed E-state index contributed by atoms with van der Waals surface area (Å²) in [6.45, 7) is 8.35. The Morgan fingerprint density at radius 3 is 2.30 bits per heavy atom. The summed E-state index contributed by atoms with van der Waals surface area (Å²) in [7, 11) is 0. The molecule has 1 saturated heterocycles. The van der Waals surface area contributed by atoms with Crippen LogP contribution in [0.15, 0.2) is 36.7 Å². The first kappa shape index (κ1) is 22.1. The summed E-state index contributed by atoms with van der Waals surface area (Å²) in [6.07, 6.45) is 2.23. The molecule has 8 heteroatoms. The zero-order valence-electron chi connectivity index (χ0n) is 18.1. The number of hydrogen-bond donors (Lipinski definition) is 1. The van der Waals surface area contributed by atoms with E-state index in [0.29, 0.717) is 5.82 Å². The molecule has 0 bridgehead atoms. The van der Waals surface area contributed by atoms with Gasteiger partial charge in [-0.2, -0.15) is 0 Å². The molecule has 2 heterocycles. The molecular weight excluding hydrogens is 387 g/mol. The highest BCUT2D eigenvalue weighted by atomic mass is 19.1. The predicted molar refractivity (Wildman–Crippen MR) is 111 cm³/mol. The van der Waals surface area contributed by atoms with E-state index in [1.807, 2.05) is 24.3 Å². The summed E-state index contributed by atoms with van der Waals surface area (Å²) in [5.74, 6) is 0.574. The largest absolute Gasteiger partial charge is 0.444 e. The Morgan fingerprint density at radius 1 is 1.20 bits per heavy atom. The first-order valence-corrected chi connectivity index (χ1v) is 9.93. The highest BCUT2D eigenvalue weighted by molar-refractivity contribution is 5.70. The van der Waals surface area contributed by atoms with Crippen molar-refractivity contribution in [1.29, 1.82) is 0 Å². The van der Waals surface area contributed by atoms with Gasteiger partial charge in [0.2, 0.25) is 0 Å². The van der Waals surface area contributed by atoms with Gasteiger partial charge in [0.05, 0.1) is 12.6 Å². The molecule has 2 aromatic rings. The van der Waals surface area contributed by atoms with Crippen LogP contribution in [0.2, 0.25) is 0 Å². The van der Waals surface area contributed by atoms with Crippen molar-refractivity contribution in [2.24, 2.45) is 5.73 Å². The van der Waals surface area contributed by atoms with E-state index in [-0.39, 0.29) is 6.54 Å². The summed E-state index contributed by atoms with van der Waals surface area (Å²) in [5, 5.41) is 0. The Labute approximate surface area is 176 Å². The van der Waals surface area contributed by atoms with Crippen LogP contribution in [0.5, 0.6) is 0 Å². The summed E-state index contributed by atoms with van der Waals surface area (Å²) in [5.41, 5.74) is 6.39. The molecule has 2 atom stereocenters. The number of nitrogens with two attached hydrogens (primary N) is 1. The Kier molecular flexibility index (Phi) is 6.10. The van der Waals surface area contributed by atoms with E-state index in [1.54, 1.807) is 47.0 Å². The van der Waals surface area contributed by atoms with Gasteiger partial charge >= 0.3 is 6.09 Å². The zero-order chi connectivity index (χ0) is 22.1. The molecule has 1 aromatic carbocycles. The smallest absolute Gasteiger partial charge is 0.413 e. The van der Waals surface area contributed by atoms with E-state index in [4.69, 9.17) is 15.2 Å². The number of hydrogen-bond acceptors (Lipinski definition) is 6. The monoisotopic (exact) mass is 416 g/mol. The van der Waals surface area contributed by atoms with Crippen molar-refractivity contribution in [3.8, 4) is 11.1 Å². The topological polar surface area (TPSA) is 90.6 Å². The molecule has 0 spiro atoms. The van der Waals surface area contributed by atoms with Crippen molar-refractivity contribution in [1.82, 2.24) is 14.9 Å². The van der Waals surface area contributed by atoms with Gasteiger partial charge in [0.15, 0.2) is 0 Å². The van der Waals surface area contributed by atoms with Crippen molar-refractivity contribution < 1.29 is 18.7 Å². The fraction of sp³-hybridized carbons (Fsp3) is 0.500. The van der Waals surface area contributed by atoms with Gasteiger partial charge in [0.25, 0.3) is 0 Å². The highest BCUT2D eigenvalue weighted by Gasteiger charge is 2.51. The van der Waals surface area contributed by atoms with Crippen molar-refractivity contribution >= 4 is 6.09 Å². The van der Waals surface area contributed by atoms with Gasteiger partial charge in [-0.3, -0.25) is 4.90 Å². The molecule has 3 rings (SSSR count). The van der Waals surface area contributed by atoms with Crippen molar-refractivity contribution in [3.05, 3.63) is 48.0 Å². The standard InChI is InChI=1S/C22H29FN4O3/c1-21(2,3)30-20(28)27-17(10-23)19(29-22(27,4)5)15-8-6-14(7-9-15)16-12-25-18(11-24)26-13-16/h6-9,12-13,17,19H,10-11,24H2,1-5H3/t17-,19-/m1/s1. The Bertz CT molecular complexity index is 879. The molecule has 0 radical (unpaired) electrons. The number of aromatic nitrogens is 2. The number of nitrogens with zero attached hydrogens (tertiary/aromatic N) is 3. The Hall–Kier alpha value is -2.58. The number of alkyl halides is 1. The molecular formula is C22H29FN4O3. The van der Waals surface area contributed by atoms with E-state index in [1.165, 1.54) is 4.90 Å². The SMILES string of the molecule is CC(C)(C)OC(=O)N1[C@H](CF)[C@@H](c2ccc(-c3cnc(CN)nc3)cc2)OC1(C)C. The van der Waals surface area contributed by atoms with E-state index in [0.717, 1.165) is 16.7 Å². The highest BCUT2D eigenvalue weighted by Crippen LogP contribution is 2.42. The maximum atomic E-state index is 14.1. The van der Waals surface area contributed by atoms with Crippen LogP contribution in [0, 0.1) is 0 Å². The van der Waals surface area contributed by atoms with Gasteiger partial charge in [-0.15, -0.1) is 0 Å². The molecule has 1 fully saturated rings. The summed E-state index contributed by atoms with van der Waals surface area (Å²) < 4.78 is 25.7. The summed E-state index contributed by atoms with van der Waals surface area (Å²) in [6, 6.07) is 6.76. The number of amides is 1. The Balaban J connectivity index is 1.84. The maximum absolute atomic E-state index is 14.1. The number of ether oxygens (including phenoxy) is 2. The van der Waals surface area contributed by atoms with E-state index in [9.17, 15) is 9.18 Å². The lowest BCUT2D eigenvalue weighted by atomic mass is 10.00. The number of benzene rings is 1. The molecule has 2 N–H and O–H groups in total. The second-order valence-corrected chi connectivity index (χ2v) is 8.77. The lowest BCUT2D eigenvalue weighted by Crippen LogP contribution is -2.50. The molecule has 7 nitrogen and oxygen atoms in total. The second kappa shape index (κ2) is 8.28. The maximum Gasteiger partial charge on any atom is 0.413 e. The van der Waals surface area contributed by atoms with Crippen LogP contribution in [0.25, 0.3) is 11.1 Å². The molecule has 30 heavy (non-hydrogen) atoms. The quantitative estimate of drug-likeness (QED) is 0.811. The van der Waals surface area contributed by atoms with E-state index < -0.39 is 36.2 Å². The van der Waals surface area contributed by atoms with Crippen molar-refractivity contribution in [3.63, 3.8) is 0 Å². The average Bonchev–Trinajstić information content (AvgIpc) is 2.97. The molecule has 1 aliphatic heterocycles.